The number of benzene rings is 2. The summed E-state index contributed by atoms with van der Waals surface area (Å²) in [4.78, 5) is 0. The zero-order chi connectivity index (χ0) is 15.6. The minimum absolute atomic E-state index is 0.0654. The molecular formula is C16H15Br2F2N. The first-order valence-corrected chi connectivity index (χ1v) is 8.13. The van der Waals surface area contributed by atoms with E-state index < -0.39 is 11.6 Å². The SMILES string of the molecule is CC(NC(C)c1ccc(Br)cc1Br)c1ccc(F)c(F)c1. The van der Waals surface area contributed by atoms with Crippen molar-refractivity contribution in [1.82, 2.24) is 5.32 Å². The standard InChI is InChI=1S/C16H15Br2F2N/c1-9(11-3-6-15(19)16(20)7-11)21-10(2)13-5-4-12(17)8-14(13)18/h3-10,21H,1-2H3. The highest BCUT2D eigenvalue weighted by molar-refractivity contribution is 9.11. The highest BCUT2D eigenvalue weighted by Crippen LogP contribution is 2.28. The van der Waals surface area contributed by atoms with E-state index in [-0.39, 0.29) is 12.1 Å². The molecule has 0 spiro atoms. The lowest BCUT2D eigenvalue weighted by atomic mass is 10.0. The van der Waals surface area contributed by atoms with E-state index in [0.29, 0.717) is 5.56 Å². The third-order valence-electron chi connectivity index (χ3n) is 3.37. The van der Waals surface area contributed by atoms with Crippen molar-refractivity contribution in [3.8, 4) is 0 Å². The lowest BCUT2D eigenvalue weighted by molar-refractivity contribution is 0.479. The Bertz CT molecular complexity index is 646. The van der Waals surface area contributed by atoms with Crippen molar-refractivity contribution < 1.29 is 8.78 Å². The molecule has 0 aliphatic carbocycles. The predicted molar refractivity (Wildman–Crippen MR) is 88.2 cm³/mol. The van der Waals surface area contributed by atoms with E-state index in [4.69, 9.17) is 0 Å². The molecule has 2 unspecified atom stereocenters. The first-order chi connectivity index (χ1) is 9.88. The number of nitrogens with one attached hydrogen (secondary N) is 1. The Morgan fingerprint density at radius 1 is 0.905 bits per heavy atom. The van der Waals surface area contributed by atoms with Gasteiger partial charge < -0.3 is 5.32 Å². The Morgan fingerprint density at radius 3 is 2.24 bits per heavy atom. The van der Waals surface area contributed by atoms with E-state index in [1.807, 2.05) is 32.0 Å². The monoisotopic (exact) mass is 417 g/mol. The smallest absolute Gasteiger partial charge is 0.159 e. The molecule has 0 aliphatic rings. The summed E-state index contributed by atoms with van der Waals surface area (Å²) in [6.07, 6.45) is 0. The maximum Gasteiger partial charge on any atom is 0.159 e. The molecule has 0 fully saturated rings. The van der Waals surface area contributed by atoms with E-state index in [1.54, 1.807) is 6.07 Å². The first kappa shape index (κ1) is 16.6. The Kier molecular flexibility index (Phi) is 5.52. The molecule has 0 aliphatic heterocycles. The van der Waals surface area contributed by atoms with Crippen molar-refractivity contribution in [3.05, 3.63) is 68.1 Å². The van der Waals surface area contributed by atoms with Gasteiger partial charge in [-0.1, -0.05) is 44.0 Å². The fourth-order valence-electron chi connectivity index (χ4n) is 2.20. The van der Waals surface area contributed by atoms with E-state index in [0.717, 1.165) is 20.6 Å². The molecule has 2 atom stereocenters. The van der Waals surface area contributed by atoms with E-state index in [1.165, 1.54) is 6.07 Å². The van der Waals surface area contributed by atoms with E-state index in [9.17, 15) is 8.78 Å². The molecule has 0 heterocycles. The average molecular weight is 419 g/mol. The van der Waals surface area contributed by atoms with Crippen LogP contribution in [0.15, 0.2) is 45.3 Å². The summed E-state index contributed by atoms with van der Waals surface area (Å²) >= 11 is 6.96. The Labute approximate surface area is 140 Å². The predicted octanol–water partition coefficient (Wildman–Crippen LogP) is 5.90. The van der Waals surface area contributed by atoms with Crippen molar-refractivity contribution in [2.75, 3.05) is 0 Å². The quantitative estimate of drug-likeness (QED) is 0.651. The van der Waals surface area contributed by atoms with E-state index >= 15 is 0 Å². The molecular weight excluding hydrogens is 404 g/mol. The van der Waals surface area contributed by atoms with Gasteiger partial charge in [-0.05, 0) is 49.2 Å². The van der Waals surface area contributed by atoms with Crippen molar-refractivity contribution in [3.63, 3.8) is 0 Å². The molecule has 1 N–H and O–H groups in total. The van der Waals surface area contributed by atoms with Crippen molar-refractivity contribution in [2.45, 2.75) is 25.9 Å². The second-order valence-electron chi connectivity index (χ2n) is 4.95. The maximum atomic E-state index is 13.3. The molecule has 2 aromatic rings. The molecule has 2 rings (SSSR count). The van der Waals surface area contributed by atoms with Crippen molar-refractivity contribution in [1.29, 1.82) is 0 Å². The third kappa shape index (κ3) is 4.11. The largest absolute Gasteiger partial charge is 0.304 e. The lowest BCUT2D eigenvalue weighted by Crippen LogP contribution is -2.23. The molecule has 0 saturated carbocycles. The van der Waals surface area contributed by atoms with Crippen LogP contribution >= 0.6 is 31.9 Å². The molecule has 0 aromatic heterocycles. The van der Waals surface area contributed by atoms with Crippen LogP contribution in [0.25, 0.3) is 0 Å². The molecule has 1 nitrogen and oxygen atoms in total. The second-order valence-corrected chi connectivity index (χ2v) is 6.72. The van der Waals surface area contributed by atoms with Gasteiger partial charge in [0.2, 0.25) is 0 Å². The summed E-state index contributed by atoms with van der Waals surface area (Å²) in [7, 11) is 0. The normalized spacial score (nSPS) is 14.0. The average Bonchev–Trinajstić information content (AvgIpc) is 2.41. The van der Waals surface area contributed by atoms with Gasteiger partial charge in [0.1, 0.15) is 0 Å². The number of rotatable bonds is 4. The topological polar surface area (TPSA) is 12.0 Å². The van der Waals surface area contributed by atoms with Gasteiger partial charge in [0.25, 0.3) is 0 Å². The van der Waals surface area contributed by atoms with Gasteiger partial charge in [-0.15, -0.1) is 0 Å². The summed E-state index contributed by atoms with van der Waals surface area (Å²) in [6, 6.07) is 9.93. The summed E-state index contributed by atoms with van der Waals surface area (Å²) in [5.74, 6) is -1.65. The van der Waals surface area contributed by atoms with Gasteiger partial charge in [0.15, 0.2) is 11.6 Å². The van der Waals surface area contributed by atoms with Gasteiger partial charge in [-0.25, -0.2) is 8.78 Å². The first-order valence-electron chi connectivity index (χ1n) is 6.54. The Hall–Kier alpha value is -0.780. The van der Waals surface area contributed by atoms with Crippen molar-refractivity contribution >= 4 is 31.9 Å². The van der Waals surface area contributed by atoms with Crippen LogP contribution in [0.4, 0.5) is 8.78 Å². The second kappa shape index (κ2) is 6.99. The maximum absolute atomic E-state index is 13.3. The molecule has 21 heavy (non-hydrogen) atoms. The molecule has 0 bridgehead atoms. The van der Waals surface area contributed by atoms with Crippen LogP contribution in [-0.4, -0.2) is 0 Å². The van der Waals surface area contributed by atoms with Gasteiger partial charge >= 0.3 is 0 Å². The highest BCUT2D eigenvalue weighted by Gasteiger charge is 2.15. The van der Waals surface area contributed by atoms with Crippen LogP contribution in [-0.2, 0) is 0 Å². The number of hydrogen-bond donors (Lipinski definition) is 1. The number of hydrogen-bond acceptors (Lipinski definition) is 1. The molecule has 2 aromatic carbocycles. The van der Waals surface area contributed by atoms with Crippen LogP contribution in [0.3, 0.4) is 0 Å². The fourth-order valence-corrected chi connectivity index (χ4v) is 3.59. The van der Waals surface area contributed by atoms with Gasteiger partial charge in [0, 0.05) is 21.0 Å². The van der Waals surface area contributed by atoms with Crippen LogP contribution in [0.5, 0.6) is 0 Å². The molecule has 0 radical (unpaired) electrons. The van der Waals surface area contributed by atoms with Gasteiger partial charge in [0.05, 0.1) is 0 Å². The third-order valence-corrected chi connectivity index (χ3v) is 4.55. The zero-order valence-corrected chi connectivity index (χ0v) is 14.8. The van der Waals surface area contributed by atoms with Crippen LogP contribution in [0, 0.1) is 11.6 Å². The minimum Gasteiger partial charge on any atom is -0.304 e. The van der Waals surface area contributed by atoms with Gasteiger partial charge in [-0.2, -0.15) is 0 Å². The van der Waals surface area contributed by atoms with Crippen LogP contribution in [0.2, 0.25) is 0 Å². The zero-order valence-electron chi connectivity index (χ0n) is 11.6. The molecule has 0 saturated heterocycles. The van der Waals surface area contributed by atoms with Crippen molar-refractivity contribution in [2.24, 2.45) is 0 Å². The van der Waals surface area contributed by atoms with Crippen LogP contribution in [0.1, 0.15) is 37.1 Å². The lowest BCUT2D eigenvalue weighted by Gasteiger charge is -2.22. The Balaban J connectivity index is 2.14. The van der Waals surface area contributed by atoms with Crippen LogP contribution < -0.4 is 5.32 Å². The summed E-state index contributed by atoms with van der Waals surface area (Å²) in [5.41, 5.74) is 1.82. The highest BCUT2D eigenvalue weighted by atomic mass is 79.9. The molecule has 0 amide bonds. The minimum atomic E-state index is -0.824. The number of halogens is 4. The summed E-state index contributed by atoms with van der Waals surface area (Å²) < 4.78 is 28.3. The Morgan fingerprint density at radius 2 is 1.62 bits per heavy atom. The summed E-state index contributed by atoms with van der Waals surface area (Å²) in [5, 5.41) is 3.38. The molecule has 5 heteroatoms. The summed E-state index contributed by atoms with van der Waals surface area (Å²) in [6.45, 7) is 3.96. The van der Waals surface area contributed by atoms with Gasteiger partial charge in [-0.3, -0.25) is 0 Å². The fraction of sp³-hybridized carbons (Fsp3) is 0.250. The molecule has 112 valence electrons. The van der Waals surface area contributed by atoms with E-state index in [2.05, 4.69) is 37.2 Å².